The largest absolute Gasteiger partial charge is 0.496 e. The molecule has 1 atom stereocenters. The average Bonchev–Trinajstić information content (AvgIpc) is 3.18. The van der Waals surface area contributed by atoms with Gasteiger partial charge in [-0.15, -0.1) is 0 Å². The minimum Gasteiger partial charge on any atom is -0.496 e. The van der Waals surface area contributed by atoms with Gasteiger partial charge >= 0.3 is 0 Å². The highest BCUT2D eigenvalue weighted by molar-refractivity contribution is 5.95. The van der Waals surface area contributed by atoms with Crippen molar-refractivity contribution in [2.75, 3.05) is 27.7 Å². The number of nitrogens with one attached hydrogen (secondary N) is 2. The highest BCUT2D eigenvalue weighted by Gasteiger charge is 2.18. The van der Waals surface area contributed by atoms with Crippen LogP contribution in [-0.4, -0.2) is 48.8 Å². The fourth-order valence-electron chi connectivity index (χ4n) is 3.44. The lowest BCUT2D eigenvalue weighted by Crippen LogP contribution is -2.24. The van der Waals surface area contributed by atoms with Crippen LogP contribution in [0.4, 0.5) is 4.39 Å². The molecule has 0 aliphatic heterocycles. The van der Waals surface area contributed by atoms with Crippen LogP contribution in [0, 0.1) is 5.82 Å². The van der Waals surface area contributed by atoms with Crippen molar-refractivity contribution in [3.63, 3.8) is 0 Å². The Balaban J connectivity index is 1.79. The molecule has 2 aromatic carbocycles. The Bertz CT molecular complexity index is 1060. The number of aromatic nitrogens is 2. The van der Waals surface area contributed by atoms with Crippen LogP contribution in [0.25, 0.3) is 23.1 Å². The summed E-state index contributed by atoms with van der Waals surface area (Å²) in [4.78, 5) is 13.3. The Labute approximate surface area is 182 Å². The second kappa shape index (κ2) is 10.2. The van der Waals surface area contributed by atoms with Gasteiger partial charge in [0.15, 0.2) is 0 Å². The maximum Gasteiger partial charge on any atom is 0.222 e. The Morgan fingerprint density at radius 2 is 1.97 bits per heavy atom. The molecule has 0 spiro atoms. The van der Waals surface area contributed by atoms with Crippen molar-refractivity contribution in [3.05, 3.63) is 59.0 Å². The highest BCUT2D eigenvalue weighted by atomic mass is 19.1. The summed E-state index contributed by atoms with van der Waals surface area (Å²) in [6.45, 7) is 2.80. The van der Waals surface area contributed by atoms with E-state index in [1.165, 1.54) is 12.1 Å². The van der Waals surface area contributed by atoms with E-state index in [1.54, 1.807) is 38.2 Å². The average molecular weight is 425 g/mol. The Morgan fingerprint density at radius 1 is 1.23 bits per heavy atom. The van der Waals surface area contributed by atoms with Crippen molar-refractivity contribution >= 4 is 29.0 Å². The number of carbonyl (C=O) groups is 1. The Kier molecular flexibility index (Phi) is 7.41. The van der Waals surface area contributed by atoms with Gasteiger partial charge in [0, 0.05) is 32.1 Å². The molecule has 0 bridgehead atoms. The maximum absolute atomic E-state index is 13.1. The third kappa shape index (κ3) is 5.49. The van der Waals surface area contributed by atoms with Crippen molar-refractivity contribution in [1.29, 1.82) is 0 Å². The van der Waals surface area contributed by atoms with Gasteiger partial charge < -0.3 is 15.0 Å². The van der Waals surface area contributed by atoms with Gasteiger partial charge in [-0.1, -0.05) is 24.3 Å². The summed E-state index contributed by atoms with van der Waals surface area (Å²) in [5.41, 5.74) is 3.53. The molecular formula is C24H29FN4O2. The molecule has 31 heavy (non-hydrogen) atoms. The molecular weight excluding hydrogens is 395 g/mol. The minimum atomic E-state index is -0.263. The second-order valence-corrected chi connectivity index (χ2v) is 7.67. The lowest BCUT2D eigenvalue weighted by atomic mass is 10.0. The van der Waals surface area contributed by atoms with Crippen LogP contribution in [-0.2, 0) is 4.79 Å². The SMILES string of the molecule is COc1c(C(C)NCCCC(=O)N(C)C)ccc2[nH]nc(/C=C/c3ccc(F)cc3)c12. The topological polar surface area (TPSA) is 70.2 Å². The first-order chi connectivity index (χ1) is 14.9. The van der Waals surface area contributed by atoms with Crippen molar-refractivity contribution in [2.45, 2.75) is 25.8 Å². The van der Waals surface area contributed by atoms with E-state index in [1.807, 2.05) is 24.3 Å². The van der Waals surface area contributed by atoms with Crippen LogP contribution in [0.3, 0.4) is 0 Å². The molecule has 7 heteroatoms. The molecule has 3 aromatic rings. The molecule has 0 aliphatic rings. The summed E-state index contributed by atoms with van der Waals surface area (Å²) in [6.07, 6.45) is 5.07. The van der Waals surface area contributed by atoms with E-state index >= 15 is 0 Å². The number of hydrogen-bond acceptors (Lipinski definition) is 4. The fourth-order valence-corrected chi connectivity index (χ4v) is 3.44. The molecule has 0 fully saturated rings. The van der Waals surface area contributed by atoms with Crippen LogP contribution < -0.4 is 10.1 Å². The highest BCUT2D eigenvalue weighted by Crippen LogP contribution is 2.35. The first kappa shape index (κ1) is 22.5. The van der Waals surface area contributed by atoms with Gasteiger partial charge in [-0.3, -0.25) is 9.89 Å². The third-order valence-corrected chi connectivity index (χ3v) is 5.23. The number of hydrogen-bond donors (Lipinski definition) is 2. The quantitative estimate of drug-likeness (QED) is 0.500. The maximum atomic E-state index is 13.1. The number of nitrogens with zero attached hydrogens (tertiary/aromatic N) is 2. The van der Waals surface area contributed by atoms with E-state index in [0.29, 0.717) is 6.42 Å². The first-order valence-corrected chi connectivity index (χ1v) is 10.3. The normalized spacial score (nSPS) is 12.4. The van der Waals surface area contributed by atoms with Gasteiger partial charge in [-0.25, -0.2) is 4.39 Å². The van der Waals surface area contributed by atoms with Crippen molar-refractivity contribution in [1.82, 2.24) is 20.4 Å². The molecule has 0 saturated carbocycles. The summed E-state index contributed by atoms with van der Waals surface area (Å²) < 4.78 is 18.9. The number of halogens is 1. The van der Waals surface area contributed by atoms with Gasteiger partial charge in [0.05, 0.1) is 23.7 Å². The molecule has 1 amide bonds. The van der Waals surface area contributed by atoms with Gasteiger partial charge in [-0.2, -0.15) is 5.10 Å². The molecule has 0 aliphatic carbocycles. The minimum absolute atomic E-state index is 0.0395. The number of aromatic amines is 1. The van der Waals surface area contributed by atoms with E-state index in [4.69, 9.17) is 4.74 Å². The van der Waals surface area contributed by atoms with Crippen LogP contribution in [0.5, 0.6) is 5.75 Å². The number of benzene rings is 2. The third-order valence-electron chi connectivity index (χ3n) is 5.23. The molecule has 3 rings (SSSR count). The monoisotopic (exact) mass is 424 g/mol. The van der Waals surface area contributed by atoms with Gasteiger partial charge in [0.25, 0.3) is 0 Å². The second-order valence-electron chi connectivity index (χ2n) is 7.67. The van der Waals surface area contributed by atoms with Crippen molar-refractivity contribution in [2.24, 2.45) is 0 Å². The van der Waals surface area contributed by atoms with Crippen LogP contribution in [0.15, 0.2) is 36.4 Å². The molecule has 1 heterocycles. The number of ether oxygens (including phenoxy) is 1. The zero-order chi connectivity index (χ0) is 22.4. The Hall–Kier alpha value is -3.19. The van der Waals surface area contributed by atoms with Crippen molar-refractivity contribution < 1.29 is 13.9 Å². The Morgan fingerprint density at radius 3 is 2.65 bits per heavy atom. The van der Waals surface area contributed by atoms with Gasteiger partial charge in [-0.05, 0) is 49.7 Å². The molecule has 0 saturated heterocycles. The van der Waals surface area contributed by atoms with Crippen LogP contribution in [0.2, 0.25) is 0 Å². The molecule has 164 valence electrons. The fraction of sp³-hybridized carbons (Fsp3) is 0.333. The van der Waals surface area contributed by atoms with Gasteiger partial charge in [0.2, 0.25) is 5.91 Å². The molecule has 1 unspecified atom stereocenters. The summed E-state index contributed by atoms with van der Waals surface area (Å²) in [5.74, 6) is 0.625. The van der Waals surface area contributed by atoms with Crippen molar-refractivity contribution in [3.8, 4) is 5.75 Å². The predicted octanol–water partition coefficient (Wildman–Crippen LogP) is 4.40. The lowest BCUT2D eigenvalue weighted by molar-refractivity contribution is -0.128. The summed E-state index contributed by atoms with van der Waals surface area (Å²) in [5, 5.41) is 11.8. The number of carbonyl (C=O) groups excluding carboxylic acids is 1. The standard InChI is InChI=1S/C24H29FN4O2/c1-16(26-15-5-6-22(30)29(2)3)19-12-14-21-23(24(19)31-4)20(27-28-21)13-9-17-7-10-18(25)11-8-17/h7-14,16,26H,5-6,15H2,1-4H3,(H,27,28)/b13-9+. The number of methoxy groups -OCH3 is 1. The molecule has 2 N–H and O–H groups in total. The molecule has 0 radical (unpaired) electrons. The first-order valence-electron chi connectivity index (χ1n) is 10.3. The number of fused-ring (bicyclic) bond motifs is 1. The summed E-state index contributed by atoms with van der Waals surface area (Å²) in [7, 11) is 5.19. The van der Waals surface area contributed by atoms with Gasteiger partial charge in [0.1, 0.15) is 11.6 Å². The molecule has 1 aromatic heterocycles. The lowest BCUT2D eigenvalue weighted by Gasteiger charge is -2.18. The molecule has 6 nitrogen and oxygen atoms in total. The summed E-state index contributed by atoms with van der Waals surface area (Å²) in [6, 6.07) is 10.4. The van der Waals surface area contributed by atoms with Crippen LogP contribution in [0.1, 0.15) is 42.6 Å². The number of amides is 1. The van der Waals surface area contributed by atoms with E-state index in [-0.39, 0.29) is 17.8 Å². The van der Waals surface area contributed by atoms with E-state index in [2.05, 4.69) is 22.4 Å². The van der Waals surface area contributed by atoms with E-state index < -0.39 is 0 Å². The predicted molar refractivity (Wildman–Crippen MR) is 122 cm³/mol. The van der Waals surface area contributed by atoms with Crippen LogP contribution >= 0.6 is 0 Å². The number of rotatable bonds is 9. The zero-order valence-electron chi connectivity index (χ0n) is 18.4. The van der Waals surface area contributed by atoms with E-state index in [9.17, 15) is 9.18 Å². The summed E-state index contributed by atoms with van der Waals surface area (Å²) >= 11 is 0. The smallest absolute Gasteiger partial charge is 0.222 e. The zero-order valence-corrected chi connectivity index (χ0v) is 18.4. The number of H-pyrrole nitrogens is 1. The van der Waals surface area contributed by atoms with E-state index in [0.717, 1.165) is 46.4 Å².